The van der Waals surface area contributed by atoms with Gasteiger partial charge in [0.15, 0.2) is 0 Å². The number of rotatable bonds is 6. The highest BCUT2D eigenvalue weighted by atomic mass is 16.2. The molecule has 1 heterocycles. The Morgan fingerprint density at radius 2 is 2.41 bits per heavy atom. The average molecular weight is 237 g/mol. The van der Waals surface area contributed by atoms with Gasteiger partial charge >= 0.3 is 0 Å². The first-order chi connectivity index (χ1) is 8.22. The molecule has 0 bridgehead atoms. The van der Waals surface area contributed by atoms with Crippen LogP contribution in [0.4, 0.5) is 0 Å². The molecule has 0 aromatic carbocycles. The normalized spacial score (nSPS) is 14.9. The van der Waals surface area contributed by atoms with E-state index in [1.165, 1.54) is 0 Å². The van der Waals surface area contributed by atoms with Crippen LogP contribution in [0.3, 0.4) is 0 Å². The van der Waals surface area contributed by atoms with E-state index in [1.807, 2.05) is 23.4 Å². The van der Waals surface area contributed by atoms with Crippen LogP contribution in [0.2, 0.25) is 0 Å². The molecule has 0 aliphatic heterocycles. The predicted molar refractivity (Wildman–Crippen MR) is 63.2 cm³/mol. The molecule has 1 N–H and O–H groups in total. The molecule has 17 heavy (non-hydrogen) atoms. The minimum atomic E-state index is 0.148. The van der Waals surface area contributed by atoms with Crippen molar-refractivity contribution >= 4 is 5.91 Å². The summed E-state index contributed by atoms with van der Waals surface area (Å²) in [6, 6.07) is 0.476. The first-order valence-electron chi connectivity index (χ1n) is 6.05. The van der Waals surface area contributed by atoms with Crippen LogP contribution >= 0.6 is 0 Å². The standard InChI is InChI=1S/C11H19N5O/c1-3-16-8-13-14-10(16)6-12-7-11(17)15(2)9-4-5-9/h8-9,12H,3-7H2,1-2H3. The topological polar surface area (TPSA) is 63.1 Å². The number of nitrogens with zero attached hydrogens (tertiary/aromatic N) is 4. The monoisotopic (exact) mass is 237 g/mol. The third kappa shape index (κ3) is 3.03. The molecule has 0 spiro atoms. The lowest BCUT2D eigenvalue weighted by atomic mass is 10.4. The van der Waals surface area contributed by atoms with Crippen LogP contribution in [0.5, 0.6) is 0 Å². The van der Waals surface area contributed by atoms with Gasteiger partial charge in [0.05, 0.1) is 13.1 Å². The first kappa shape index (κ1) is 12.0. The van der Waals surface area contributed by atoms with Crippen molar-refractivity contribution in [2.75, 3.05) is 13.6 Å². The van der Waals surface area contributed by atoms with Gasteiger partial charge < -0.3 is 14.8 Å². The second-order valence-corrected chi connectivity index (χ2v) is 4.37. The zero-order valence-electron chi connectivity index (χ0n) is 10.4. The Kier molecular flexibility index (Phi) is 3.73. The maximum absolute atomic E-state index is 11.7. The van der Waals surface area contributed by atoms with Crippen molar-refractivity contribution in [2.24, 2.45) is 0 Å². The number of carbonyl (C=O) groups excluding carboxylic acids is 1. The fourth-order valence-electron chi connectivity index (χ4n) is 1.75. The number of hydrogen-bond donors (Lipinski definition) is 1. The number of carbonyl (C=O) groups is 1. The van der Waals surface area contributed by atoms with Crippen LogP contribution in [-0.2, 0) is 17.9 Å². The van der Waals surface area contributed by atoms with E-state index in [0.717, 1.165) is 25.2 Å². The van der Waals surface area contributed by atoms with E-state index in [-0.39, 0.29) is 5.91 Å². The van der Waals surface area contributed by atoms with Gasteiger partial charge in [-0.15, -0.1) is 10.2 Å². The summed E-state index contributed by atoms with van der Waals surface area (Å²) in [6.07, 6.45) is 3.99. The summed E-state index contributed by atoms with van der Waals surface area (Å²) in [4.78, 5) is 13.6. The summed E-state index contributed by atoms with van der Waals surface area (Å²) in [5.74, 6) is 1.02. The third-order valence-corrected chi connectivity index (χ3v) is 3.08. The highest BCUT2D eigenvalue weighted by Gasteiger charge is 2.29. The predicted octanol–water partition coefficient (Wildman–Crippen LogP) is 0.00840. The maximum atomic E-state index is 11.7. The van der Waals surface area contributed by atoms with Gasteiger partial charge in [-0.25, -0.2) is 0 Å². The van der Waals surface area contributed by atoms with Crippen molar-refractivity contribution in [1.82, 2.24) is 25.0 Å². The lowest BCUT2D eigenvalue weighted by Gasteiger charge is -2.16. The van der Waals surface area contributed by atoms with Crippen LogP contribution in [0, 0.1) is 0 Å². The molecule has 2 rings (SSSR count). The summed E-state index contributed by atoms with van der Waals surface area (Å²) in [5, 5.41) is 11.0. The average Bonchev–Trinajstić information content (AvgIpc) is 3.08. The van der Waals surface area contributed by atoms with E-state index in [1.54, 1.807) is 6.33 Å². The van der Waals surface area contributed by atoms with Crippen molar-refractivity contribution < 1.29 is 4.79 Å². The molecule has 1 aromatic rings. The van der Waals surface area contributed by atoms with E-state index in [0.29, 0.717) is 19.1 Å². The number of likely N-dealkylation sites (N-methyl/N-ethyl adjacent to an activating group) is 1. The molecule has 0 unspecified atom stereocenters. The lowest BCUT2D eigenvalue weighted by Crippen LogP contribution is -2.36. The number of aryl methyl sites for hydroxylation is 1. The Morgan fingerprint density at radius 1 is 1.65 bits per heavy atom. The highest BCUT2D eigenvalue weighted by molar-refractivity contribution is 5.78. The van der Waals surface area contributed by atoms with E-state index in [2.05, 4.69) is 15.5 Å². The number of amides is 1. The fourth-order valence-corrected chi connectivity index (χ4v) is 1.75. The highest BCUT2D eigenvalue weighted by Crippen LogP contribution is 2.24. The number of aromatic nitrogens is 3. The molecule has 1 fully saturated rings. The van der Waals surface area contributed by atoms with Crippen LogP contribution in [0.15, 0.2) is 6.33 Å². The van der Waals surface area contributed by atoms with Crippen molar-refractivity contribution in [2.45, 2.75) is 38.9 Å². The summed E-state index contributed by atoms with van der Waals surface area (Å²) < 4.78 is 1.96. The first-order valence-corrected chi connectivity index (χ1v) is 6.05. The summed E-state index contributed by atoms with van der Waals surface area (Å²) in [5.41, 5.74) is 0. The summed E-state index contributed by atoms with van der Waals surface area (Å²) >= 11 is 0. The van der Waals surface area contributed by atoms with E-state index >= 15 is 0 Å². The molecule has 1 aromatic heterocycles. The van der Waals surface area contributed by atoms with Gasteiger partial charge in [-0.2, -0.15) is 0 Å². The Bertz CT molecular complexity index is 385. The summed E-state index contributed by atoms with van der Waals surface area (Å²) in [6.45, 7) is 3.83. The quantitative estimate of drug-likeness (QED) is 0.757. The molecular formula is C11H19N5O. The second-order valence-electron chi connectivity index (χ2n) is 4.37. The minimum absolute atomic E-state index is 0.148. The van der Waals surface area contributed by atoms with Crippen molar-refractivity contribution in [1.29, 1.82) is 0 Å². The van der Waals surface area contributed by atoms with Gasteiger partial charge in [-0.3, -0.25) is 4.79 Å². The smallest absolute Gasteiger partial charge is 0.236 e. The molecule has 6 heteroatoms. The number of hydrogen-bond acceptors (Lipinski definition) is 4. The second kappa shape index (κ2) is 5.27. The van der Waals surface area contributed by atoms with Gasteiger partial charge in [-0.1, -0.05) is 0 Å². The van der Waals surface area contributed by atoms with Gasteiger partial charge in [0.1, 0.15) is 12.2 Å². The number of nitrogens with one attached hydrogen (secondary N) is 1. The van der Waals surface area contributed by atoms with Gasteiger partial charge in [0.2, 0.25) is 5.91 Å². The van der Waals surface area contributed by atoms with E-state index in [4.69, 9.17) is 0 Å². The van der Waals surface area contributed by atoms with E-state index < -0.39 is 0 Å². The molecule has 1 aliphatic rings. The maximum Gasteiger partial charge on any atom is 0.236 e. The van der Waals surface area contributed by atoms with Crippen molar-refractivity contribution in [3.63, 3.8) is 0 Å². The Balaban J connectivity index is 1.73. The zero-order valence-corrected chi connectivity index (χ0v) is 10.4. The molecule has 94 valence electrons. The largest absolute Gasteiger partial charge is 0.342 e. The van der Waals surface area contributed by atoms with E-state index in [9.17, 15) is 4.79 Å². The van der Waals surface area contributed by atoms with Crippen LogP contribution in [0.25, 0.3) is 0 Å². The Hall–Kier alpha value is -1.43. The molecule has 0 saturated heterocycles. The van der Waals surface area contributed by atoms with Gasteiger partial charge in [-0.05, 0) is 19.8 Å². The Morgan fingerprint density at radius 3 is 3.06 bits per heavy atom. The van der Waals surface area contributed by atoms with Crippen LogP contribution in [0.1, 0.15) is 25.6 Å². The molecule has 6 nitrogen and oxygen atoms in total. The fraction of sp³-hybridized carbons (Fsp3) is 0.727. The zero-order chi connectivity index (χ0) is 12.3. The molecule has 0 atom stereocenters. The molecule has 0 radical (unpaired) electrons. The third-order valence-electron chi connectivity index (χ3n) is 3.08. The minimum Gasteiger partial charge on any atom is -0.342 e. The van der Waals surface area contributed by atoms with Crippen molar-refractivity contribution in [3.05, 3.63) is 12.2 Å². The van der Waals surface area contributed by atoms with Gasteiger partial charge in [0.25, 0.3) is 0 Å². The molecule has 1 saturated carbocycles. The molecule has 1 aliphatic carbocycles. The molecular weight excluding hydrogens is 218 g/mol. The van der Waals surface area contributed by atoms with Crippen LogP contribution in [-0.4, -0.2) is 45.2 Å². The van der Waals surface area contributed by atoms with Crippen LogP contribution < -0.4 is 5.32 Å². The summed E-state index contributed by atoms with van der Waals surface area (Å²) in [7, 11) is 1.87. The Labute approximate surface area is 101 Å². The van der Waals surface area contributed by atoms with Gasteiger partial charge in [0, 0.05) is 19.6 Å². The molecule has 1 amide bonds. The van der Waals surface area contributed by atoms with Crippen molar-refractivity contribution in [3.8, 4) is 0 Å². The lowest BCUT2D eigenvalue weighted by molar-refractivity contribution is -0.129. The SMILES string of the molecule is CCn1cnnc1CNCC(=O)N(C)C1CC1.